The van der Waals surface area contributed by atoms with Crippen LogP contribution in [-0.2, 0) is 28.6 Å². The molecule has 0 amide bonds. The quantitative estimate of drug-likeness (QED) is 0.0261. The van der Waals surface area contributed by atoms with Gasteiger partial charge in [0.15, 0.2) is 6.10 Å². The van der Waals surface area contributed by atoms with Gasteiger partial charge < -0.3 is 14.2 Å². The molecule has 0 aromatic rings. The predicted octanol–water partition coefficient (Wildman–Crippen LogP) is 22.6. The summed E-state index contributed by atoms with van der Waals surface area (Å²) < 4.78 is 16.9. The minimum absolute atomic E-state index is 0.0689. The minimum Gasteiger partial charge on any atom is -0.462 e. The van der Waals surface area contributed by atoms with Crippen LogP contribution in [0, 0.1) is 0 Å². The Labute approximate surface area is 462 Å². The van der Waals surface area contributed by atoms with E-state index in [-0.39, 0.29) is 31.1 Å². The molecule has 0 fully saturated rings. The van der Waals surface area contributed by atoms with Crippen LogP contribution in [0.3, 0.4) is 0 Å². The fourth-order valence-corrected chi connectivity index (χ4v) is 10.1. The molecule has 0 aromatic heterocycles. The van der Waals surface area contributed by atoms with Gasteiger partial charge in [-0.1, -0.05) is 308 Å². The Morgan fingerprint density at radius 2 is 0.446 bits per heavy atom. The Kier molecular flexibility index (Phi) is 61.6. The van der Waals surface area contributed by atoms with E-state index >= 15 is 0 Å². The van der Waals surface area contributed by atoms with Crippen molar-refractivity contribution in [2.24, 2.45) is 0 Å². The number of ether oxygens (including phenoxy) is 3. The molecule has 0 bridgehead atoms. The van der Waals surface area contributed by atoms with Crippen LogP contribution in [0.1, 0.15) is 374 Å². The van der Waals surface area contributed by atoms with Gasteiger partial charge in [0.1, 0.15) is 13.2 Å². The molecule has 0 heterocycles. The third kappa shape index (κ3) is 60.8. The second kappa shape index (κ2) is 63.4. The van der Waals surface area contributed by atoms with Crippen LogP contribution in [0.25, 0.3) is 0 Å². The Hall–Kier alpha value is -2.11. The summed E-state index contributed by atoms with van der Waals surface area (Å²) in [7, 11) is 0. The molecule has 1 atom stereocenters. The average molecular weight is 1040 g/mol. The lowest BCUT2D eigenvalue weighted by molar-refractivity contribution is -0.167. The SMILES string of the molecule is CCCCCCCC/C=C\CCCCCCCC(=O)OC(COC(=O)CCCCCCCCCCCC)COC(=O)CCCCCCCCCCCCCCCCCCCCC/C=C\CCCCCCCCCC. The summed E-state index contributed by atoms with van der Waals surface area (Å²) in [4.78, 5) is 38.2. The second-order valence-electron chi connectivity index (χ2n) is 22.7. The first-order chi connectivity index (χ1) is 36.5. The Balaban J connectivity index is 4.05. The maximum Gasteiger partial charge on any atom is 0.306 e. The van der Waals surface area contributed by atoms with Crippen LogP contribution >= 0.6 is 0 Å². The highest BCUT2D eigenvalue weighted by atomic mass is 16.6. The fraction of sp³-hybridized carbons (Fsp3) is 0.897. The lowest BCUT2D eigenvalue weighted by atomic mass is 10.0. The number of hydrogen-bond donors (Lipinski definition) is 0. The van der Waals surface area contributed by atoms with E-state index in [2.05, 4.69) is 45.1 Å². The third-order valence-electron chi connectivity index (χ3n) is 15.2. The fourth-order valence-electron chi connectivity index (χ4n) is 10.1. The molecule has 0 spiro atoms. The van der Waals surface area contributed by atoms with Crippen molar-refractivity contribution in [1.82, 2.24) is 0 Å². The molecule has 436 valence electrons. The van der Waals surface area contributed by atoms with Gasteiger partial charge in [0.25, 0.3) is 0 Å². The Morgan fingerprint density at radius 1 is 0.257 bits per heavy atom. The van der Waals surface area contributed by atoms with Crippen molar-refractivity contribution in [1.29, 1.82) is 0 Å². The van der Waals surface area contributed by atoms with Crippen LogP contribution in [0.15, 0.2) is 24.3 Å². The normalized spacial score (nSPS) is 12.1. The van der Waals surface area contributed by atoms with Gasteiger partial charge in [-0.25, -0.2) is 0 Å². The standard InChI is InChI=1S/C68H128O6/c1-4-7-10-13-16-19-22-24-26-27-28-29-30-31-32-33-34-35-36-37-38-39-40-41-43-44-46-49-52-55-58-61-67(70)73-64-65(63-72-66(69)60-57-54-51-48-21-18-15-12-9-6-3)74-68(71)62-59-56-53-50-47-45-42-25-23-20-17-14-11-8-5-2/h25,27-28,42,65H,4-24,26,29-41,43-64H2,1-3H3/b28-27-,42-25-. The summed E-state index contributed by atoms with van der Waals surface area (Å²) in [6.07, 6.45) is 76.5. The molecule has 6 nitrogen and oxygen atoms in total. The van der Waals surface area contributed by atoms with E-state index in [0.717, 1.165) is 64.2 Å². The molecule has 0 rings (SSSR count). The smallest absolute Gasteiger partial charge is 0.306 e. The van der Waals surface area contributed by atoms with Gasteiger partial charge in [-0.05, 0) is 70.6 Å². The highest BCUT2D eigenvalue weighted by molar-refractivity contribution is 5.71. The van der Waals surface area contributed by atoms with Gasteiger partial charge in [-0.3, -0.25) is 14.4 Å². The van der Waals surface area contributed by atoms with Crippen molar-refractivity contribution in [3.8, 4) is 0 Å². The van der Waals surface area contributed by atoms with Crippen molar-refractivity contribution in [2.45, 2.75) is 380 Å². The maximum absolute atomic E-state index is 12.9. The number of unbranched alkanes of at least 4 members (excludes halogenated alkanes) is 47. The average Bonchev–Trinajstić information content (AvgIpc) is 3.40. The molecule has 0 saturated heterocycles. The lowest BCUT2D eigenvalue weighted by Gasteiger charge is -2.18. The molecule has 0 aliphatic carbocycles. The first kappa shape index (κ1) is 71.9. The molecule has 0 radical (unpaired) electrons. The number of esters is 3. The van der Waals surface area contributed by atoms with Crippen molar-refractivity contribution in [2.75, 3.05) is 13.2 Å². The summed E-state index contributed by atoms with van der Waals surface area (Å²) in [6.45, 7) is 6.67. The van der Waals surface area contributed by atoms with E-state index in [1.165, 1.54) is 270 Å². The van der Waals surface area contributed by atoms with Gasteiger partial charge >= 0.3 is 17.9 Å². The van der Waals surface area contributed by atoms with Crippen LogP contribution in [0.5, 0.6) is 0 Å². The van der Waals surface area contributed by atoms with E-state index in [9.17, 15) is 14.4 Å². The van der Waals surface area contributed by atoms with E-state index in [1.807, 2.05) is 0 Å². The van der Waals surface area contributed by atoms with Crippen molar-refractivity contribution in [3.05, 3.63) is 24.3 Å². The van der Waals surface area contributed by atoms with Gasteiger partial charge in [-0.2, -0.15) is 0 Å². The number of allylic oxidation sites excluding steroid dienone is 4. The molecule has 0 aliphatic heterocycles. The van der Waals surface area contributed by atoms with E-state index in [4.69, 9.17) is 14.2 Å². The van der Waals surface area contributed by atoms with Crippen molar-refractivity contribution >= 4 is 17.9 Å². The number of rotatable bonds is 62. The number of hydrogen-bond acceptors (Lipinski definition) is 6. The first-order valence-corrected chi connectivity index (χ1v) is 33.3. The number of carbonyl (C=O) groups is 3. The van der Waals surface area contributed by atoms with Gasteiger partial charge in [-0.15, -0.1) is 0 Å². The molecule has 1 unspecified atom stereocenters. The summed E-state index contributed by atoms with van der Waals surface area (Å²) >= 11 is 0. The van der Waals surface area contributed by atoms with Crippen LogP contribution in [0.4, 0.5) is 0 Å². The largest absolute Gasteiger partial charge is 0.462 e. The van der Waals surface area contributed by atoms with Crippen LogP contribution < -0.4 is 0 Å². The molecular formula is C68H128O6. The molecule has 74 heavy (non-hydrogen) atoms. The number of carbonyl (C=O) groups excluding carboxylic acids is 3. The van der Waals surface area contributed by atoms with Gasteiger partial charge in [0.2, 0.25) is 0 Å². The molecule has 0 N–H and O–H groups in total. The summed E-state index contributed by atoms with van der Waals surface area (Å²) in [5.74, 6) is -0.855. The summed E-state index contributed by atoms with van der Waals surface area (Å²) in [5.41, 5.74) is 0. The zero-order valence-electron chi connectivity index (χ0n) is 50.1. The van der Waals surface area contributed by atoms with E-state index in [1.54, 1.807) is 0 Å². The highest BCUT2D eigenvalue weighted by Gasteiger charge is 2.19. The molecule has 0 saturated carbocycles. The van der Waals surface area contributed by atoms with Crippen LogP contribution in [-0.4, -0.2) is 37.2 Å². The van der Waals surface area contributed by atoms with Crippen molar-refractivity contribution < 1.29 is 28.6 Å². The highest BCUT2D eigenvalue weighted by Crippen LogP contribution is 2.18. The minimum atomic E-state index is -0.770. The summed E-state index contributed by atoms with van der Waals surface area (Å²) in [5, 5.41) is 0. The van der Waals surface area contributed by atoms with Gasteiger partial charge in [0, 0.05) is 19.3 Å². The lowest BCUT2D eigenvalue weighted by Crippen LogP contribution is -2.30. The summed E-state index contributed by atoms with van der Waals surface area (Å²) in [6, 6.07) is 0. The topological polar surface area (TPSA) is 78.9 Å². The molecular weight excluding hydrogens is 913 g/mol. The predicted molar refractivity (Wildman–Crippen MR) is 321 cm³/mol. The third-order valence-corrected chi connectivity index (χ3v) is 15.2. The maximum atomic E-state index is 12.9. The van der Waals surface area contributed by atoms with E-state index in [0.29, 0.717) is 19.3 Å². The zero-order chi connectivity index (χ0) is 53.6. The van der Waals surface area contributed by atoms with Crippen LogP contribution in [0.2, 0.25) is 0 Å². The Bertz CT molecular complexity index is 1190. The molecule has 0 aromatic carbocycles. The molecule has 0 aliphatic rings. The van der Waals surface area contributed by atoms with E-state index < -0.39 is 6.10 Å². The Morgan fingerprint density at radius 3 is 0.676 bits per heavy atom. The zero-order valence-corrected chi connectivity index (χ0v) is 50.1. The second-order valence-corrected chi connectivity index (χ2v) is 22.7. The van der Waals surface area contributed by atoms with Gasteiger partial charge in [0.05, 0.1) is 0 Å². The molecule has 6 heteroatoms. The first-order valence-electron chi connectivity index (χ1n) is 33.3. The monoisotopic (exact) mass is 1040 g/mol. The van der Waals surface area contributed by atoms with Crippen molar-refractivity contribution in [3.63, 3.8) is 0 Å².